The Balaban J connectivity index is 2.15. The fourth-order valence-electron chi connectivity index (χ4n) is 1.82. The fraction of sp³-hybridized carbons (Fsp3) is 0.133. The monoisotopic (exact) mass is 274 g/mol. The maximum atomic E-state index is 12.2. The maximum Gasteiger partial charge on any atom is 0.253 e. The van der Waals surface area contributed by atoms with Gasteiger partial charge in [-0.2, -0.15) is 0 Å². The Morgan fingerprint density at radius 2 is 1.89 bits per heavy atom. The first-order valence-corrected chi connectivity index (χ1v) is 6.36. The van der Waals surface area contributed by atoms with Gasteiger partial charge < -0.3 is 11.1 Å². The fourth-order valence-corrected chi connectivity index (χ4v) is 2.00. The molecule has 4 heteroatoms. The molecule has 0 aliphatic heterocycles. The molecule has 0 spiro atoms. The predicted octanol–water partition coefficient (Wildman–Crippen LogP) is 3.41. The van der Waals surface area contributed by atoms with E-state index >= 15 is 0 Å². The number of anilines is 1. The molecule has 2 rings (SSSR count). The minimum Gasteiger partial charge on any atom is -0.398 e. The van der Waals surface area contributed by atoms with E-state index in [1.165, 1.54) is 0 Å². The van der Waals surface area contributed by atoms with Gasteiger partial charge in [-0.15, -0.1) is 0 Å². The van der Waals surface area contributed by atoms with Crippen LogP contribution in [0.3, 0.4) is 0 Å². The van der Waals surface area contributed by atoms with Crippen LogP contribution in [0.1, 0.15) is 28.9 Å². The van der Waals surface area contributed by atoms with Crippen molar-refractivity contribution < 1.29 is 4.79 Å². The molecule has 0 saturated carbocycles. The number of nitrogen functional groups attached to an aromatic ring is 1. The number of hydrogen-bond donors (Lipinski definition) is 2. The van der Waals surface area contributed by atoms with Crippen LogP contribution in [0.25, 0.3) is 0 Å². The van der Waals surface area contributed by atoms with E-state index in [0.717, 1.165) is 5.56 Å². The molecule has 0 saturated heterocycles. The van der Waals surface area contributed by atoms with E-state index in [2.05, 4.69) is 5.32 Å². The Morgan fingerprint density at radius 3 is 2.58 bits per heavy atom. The second-order valence-electron chi connectivity index (χ2n) is 4.34. The van der Waals surface area contributed by atoms with E-state index in [4.69, 9.17) is 17.3 Å². The molecule has 1 amide bonds. The summed E-state index contributed by atoms with van der Waals surface area (Å²) in [7, 11) is 0. The molecule has 0 radical (unpaired) electrons. The first-order chi connectivity index (χ1) is 9.08. The van der Waals surface area contributed by atoms with E-state index in [9.17, 15) is 4.79 Å². The Bertz CT molecular complexity index is 584. The third kappa shape index (κ3) is 3.26. The largest absolute Gasteiger partial charge is 0.398 e. The summed E-state index contributed by atoms with van der Waals surface area (Å²) >= 11 is 5.88. The molecule has 0 bridgehead atoms. The number of nitrogens with one attached hydrogen (secondary N) is 1. The zero-order valence-electron chi connectivity index (χ0n) is 10.6. The lowest BCUT2D eigenvalue weighted by Crippen LogP contribution is -2.27. The molecule has 2 aromatic rings. The SMILES string of the molecule is CC(NC(=O)c1cc(Cl)ccc1N)c1ccccc1. The summed E-state index contributed by atoms with van der Waals surface area (Å²) in [6.45, 7) is 1.92. The summed E-state index contributed by atoms with van der Waals surface area (Å²) in [6.07, 6.45) is 0. The highest BCUT2D eigenvalue weighted by molar-refractivity contribution is 6.31. The molecule has 0 aromatic heterocycles. The van der Waals surface area contributed by atoms with Gasteiger partial charge in [-0.3, -0.25) is 4.79 Å². The number of halogens is 1. The topological polar surface area (TPSA) is 55.1 Å². The quantitative estimate of drug-likeness (QED) is 0.843. The van der Waals surface area contributed by atoms with Gasteiger partial charge >= 0.3 is 0 Å². The van der Waals surface area contributed by atoms with E-state index in [1.54, 1.807) is 18.2 Å². The van der Waals surface area contributed by atoms with Gasteiger partial charge in [0.25, 0.3) is 5.91 Å². The Morgan fingerprint density at radius 1 is 1.21 bits per heavy atom. The predicted molar refractivity (Wildman–Crippen MR) is 78.2 cm³/mol. The number of hydrogen-bond acceptors (Lipinski definition) is 2. The van der Waals surface area contributed by atoms with Crippen molar-refractivity contribution in [1.29, 1.82) is 0 Å². The van der Waals surface area contributed by atoms with E-state index in [-0.39, 0.29) is 11.9 Å². The van der Waals surface area contributed by atoms with Crippen molar-refractivity contribution in [2.45, 2.75) is 13.0 Å². The highest BCUT2D eigenvalue weighted by atomic mass is 35.5. The Hall–Kier alpha value is -2.00. The number of benzene rings is 2. The maximum absolute atomic E-state index is 12.2. The Labute approximate surface area is 117 Å². The van der Waals surface area contributed by atoms with E-state index < -0.39 is 0 Å². The second-order valence-corrected chi connectivity index (χ2v) is 4.77. The minimum absolute atomic E-state index is 0.0907. The van der Waals surface area contributed by atoms with Crippen molar-refractivity contribution in [3.63, 3.8) is 0 Å². The van der Waals surface area contributed by atoms with E-state index in [1.807, 2.05) is 37.3 Å². The van der Waals surface area contributed by atoms with Gasteiger partial charge in [-0.05, 0) is 30.7 Å². The average Bonchev–Trinajstić information content (AvgIpc) is 2.42. The van der Waals surface area contributed by atoms with Crippen molar-refractivity contribution >= 4 is 23.2 Å². The third-order valence-corrected chi connectivity index (χ3v) is 3.14. The zero-order chi connectivity index (χ0) is 13.8. The average molecular weight is 275 g/mol. The molecule has 0 heterocycles. The summed E-state index contributed by atoms with van der Waals surface area (Å²) < 4.78 is 0. The van der Waals surface area contributed by atoms with Gasteiger partial charge in [-0.25, -0.2) is 0 Å². The number of amides is 1. The van der Waals surface area contributed by atoms with Crippen molar-refractivity contribution in [2.24, 2.45) is 0 Å². The van der Waals surface area contributed by atoms with Gasteiger partial charge in [0.05, 0.1) is 11.6 Å². The number of nitrogens with two attached hydrogens (primary N) is 1. The molecule has 19 heavy (non-hydrogen) atoms. The first-order valence-electron chi connectivity index (χ1n) is 5.99. The number of rotatable bonds is 3. The van der Waals surface area contributed by atoms with Crippen molar-refractivity contribution in [3.05, 3.63) is 64.7 Å². The highest BCUT2D eigenvalue weighted by Gasteiger charge is 2.14. The van der Waals surface area contributed by atoms with Crippen LogP contribution in [-0.2, 0) is 0 Å². The highest BCUT2D eigenvalue weighted by Crippen LogP contribution is 2.19. The lowest BCUT2D eigenvalue weighted by atomic mass is 10.1. The number of carbonyl (C=O) groups is 1. The summed E-state index contributed by atoms with van der Waals surface area (Å²) in [5, 5.41) is 3.40. The molecule has 0 aliphatic carbocycles. The smallest absolute Gasteiger partial charge is 0.253 e. The number of carbonyl (C=O) groups excluding carboxylic acids is 1. The van der Waals surface area contributed by atoms with Crippen LogP contribution in [-0.4, -0.2) is 5.91 Å². The molecular formula is C15H15ClN2O. The van der Waals surface area contributed by atoms with E-state index in [0.29, 0.717) is 16.3 Å². The van der Waals surface area contributed by atoms with Crippen LogP contribution in [0.5, 0.6) is 0 Å². The third-order valence-electron chi connectivity index (χ3n) is 2.91. The van der Waals surface area contributed by atoms with Crippen molar-refractivity contribution in [3.8, 4) is 0 Å². The molecular weight excluding hydrogens is 260 g/mol. The van der Waals surface area contributed by atoms with Crippen LogP contribution >= 0.6 is 11.6 Å². The molecule has 98 valence electrons. The van der Waals surface area contributed by atoms with Gasteiger partial charge in [0.2, 0.25) is 0 Å². The van der Waals surface area contributed by atoms with Gasteiger partial charge in [-0.1, -0.05) is 41.9 Å². The van der Waals surface area contributed by atoms with Gasteiger partial charge in [0.15, 0.2) is 0 Å². The second kappa shape index (κ2) is 5.76. The van der Waals surface area contributed by atoms with Crippen molar-refractivity contribution in [2.75, 3.05) is 5.73 Å². The van der Waals surface area contributed by atoms with Gasteiger partial charge in [0, 0.05) is 10.7 Å². The minimum atomic E-state index is -0.226. The zero-order valence-corrected chi connectivity index (χ0v) is 11.3. The van der Waals surface area contributed by atoms with Crippen LogP contribution in [0.4, 0.5) is 5.69 Å². The summed E-state index contributed by atoms with van der Waals surface area (Å²) in [5.41, 5.74) is 7.64. The summed E-state index contributed by atoms with van der Waals surface area (Å²) in [6, 6.07) is 14.5. The Kier molecular flexibility index (Phi) is 4.07. The van der Waals surface area contributed by atoms with Crippen LogP contribution in [0, 0.1) is 0 Å². The first kappa shape index (κ1) is 13.4. The van der Waals surface area contributed by atoms with Crippen LogP contribution in [0.15, 0.2) is 48.5 Å². The lowest BCUT2D eigenvalue weighted by molar-refractivity contribution is 0.0941. The molecule has 0 aliphatic rings. The standard InChI is InChI=1S/C15H15ClN2O/c1-10(11-5-3-2-4-6-11)18-15(19)13-9-12(16)7-8-14(13)17/h2-10H,17H2,1H3,(H,18,19). The van der Waals surface area contributed by atoms with Gasteiger partial charge in [0.1, 0.15) is 0 Å². The van der Waals surface area contributed by atoms with Crippen LogP contribution in [0.2, 0.25) is 5.02 Å². The molecule has 2 aromatic carbocycles. The molecule has 1 unspecified atom stereocenters. The van der Waals surface area contributed by atoms with Crippen LogP contribution < -0.4 is 11.1 Å². The summed E-state index contributed by atoms with van der Waals surface area (Å²) in [4.78, 5) is 12.2. The normalized spacial score (nSPS) is 11.9. The summed E-state index contributed by atoms with van der Waals surface area (Å²) in [5.74, 6) is -0.226. The molecule has 3 nitrogen and oxygen atoms in total. The lowest BCUT2D eigenvalue weighted by Gasteiger charge is -2.15. The van der Waals surface area contributed by atoms with Crippen molar-refractivity contribution in [1.82, 2.24) is 5.32 Å². The molecule has 1 atom stereocenters. The molecule has 0 fully saturated rings. The molecule has 3 N–H and O–H groups in total.